The quantitative estimate of drug-likeness (QED) is 0.332. The number of nitrogens with one attached hydrogen (secondary N) is 1. The number of nitrogens with zero attached hydrogens (tertiary/aromatic N) is 2. The van der Waals surface area contributed by atoms with Crippen molar-refractivity contribution in [3.05, 3.63) is 101 Å². The minimum absolute atomic E-state index is 0.0371. The summed E-state index contributed by atoms with van der Waals surface area (Å²) in [5.41, 5.74) is 5.02. The topological polar surface area (TPSA) is 65.8 Å². The second-order valence-corrected chi connectivity index (χ2v) is 9.70. The number of nitriles is 1. The van der Waals surface area contributed by atoms with E-state index >= 15 is 0 Å². The van der Waals surface area contributed by atoms with Gasteiger partial charge in [-0.1, -0.05) is 60.7 Å². The molecular formula is C29H25N3OS. The molecule has 0 saturated heterocycles. The highest BCUT2D eigenvalue weighted by molar-refractivity contribution is 7.99. The van der Waals surface area contributed by atoms with Crippen molar-refractivity contribution in [1.82, 2.24) is 4.98 Å². The van der Waals surface area contributed by atoms with Crippen LogP contribution in [0.5, 0.6) is 0 Å². The van der Waals surface area contributed by atoms with Crippen molar-refractivity contribution in [2.75, 3.05) is 11.1 Å². The van der Waals surface area contributed by atoms with Crippen LogP contribution in [0.4, 0.5) is 5.69 Å². The van der Waals surface area contributed by atoms with Gasteiger partial charge in [0.15, 0.2) is 0 Å². The molecule has 0 spiro atoms. The number of aryl methyl sites for hydroxylation is 1. The number of anilines is 1. The summed E-state index contributed by atoms with van der Waals surface area (Å²) in [6, 6.07) is 28.9. The molecule has 3 aromatic carbocycles. The average Bonchev–Trinajstić information content (AvgIpc) is 2.88. The summed E-state index contributed by atoms with van der Waals surface area (Å²) in [5, 5.41) is 15.7. The molecule has 5 rings (SSSR count). The summed E-state index contributed by atoms with van der Waals surface area (Å²) < 4.78 is 0. The van der Waals surface area contributed by atoms with Crippen molar-refractivity contribution in [2.45, 2.75) is 36.6 Å². The van der Waals surface area contributed by atoms with Crippen LogP contribution in [0.15, 0.2) is 83.9 Å². The van der Waals surface area contributed by atoms with Crippen LogP contribution in [-0.2, 0) is 17.6 Å². The Bertz CT molecular complexity index is 1380. The van der Waals surface area contributed by atoms with Crippen molar-refractivity contribution in [3.63, 3.8) is 0 Å². The molecule has 0 radical (unpaired) electrons. The number of carbonyl (C=O) groups is 1. The molecule has 4 aromatic rings. The summed E-state index contributed by atoms with van der Waals surface area (Å²) in [5.74, 6) is 1.01. The van der Waals surface area contributed by atoms with E-state index in [0.717, 1.165) is 46.4 Å². The lowest BCUT2D eigenvalue weighted by molar-refractivity contribution is -0.115. The van der Waals surface area contributed by atoms with Gasteiger partial charge in [0.1, 0.15) is 11.1 Å². The van der Waals surface area contributed by atoms with Crippen molar-refractivity contribution < 1.29 is 4.79 Å². The second-order valence-electron chi connectivity index (χ2n) is 8.62. The molecule has 5 heteroatoms. The van der Waals surface area contributed by atoms with Gasteiger partial charge in [0, 0.05) is 23.6 Å². The van der Waals surface area contributed by atoms with Gasteiger partial charge in [-0.2, -0.15) is 5.26 Å². The maximum atomic E-state index is 12.5. The Morgan fingerprint density at radius 2 is 1.82 bits per heavy atom. The molecule has 0 bridgehead atoms. The van der Waals surface area contributed by atoms with E-state index in [2.05, 4.69) is 41.7 Å². The van der Waals surface area contributed by atoms with Gasteiger partial charge >= 0.3 is 0 Å². The van der Waals surface area contributed by atoms with Gasteiger partial charge in [-0.05, 0) is 65.3 Å². The summed E-state index contributed by atoms with van der Waals surface area (Å²) in [6.07, 6.45) is 3.25. The number of benzene rings is 3. The molecule has 1 aliphatic carbocycles. The third-order valence-electron chi connectivity index (χ3n) is 6.34. The van der Waals surface area contributed by atoms with E-state index in [-0.39, 0.29) is 5.91 Å². The first kappa shape index (κ1) is 22.2. The van der Waals surface area contributed by atoms with Gasteiger partial charge in [-0.25, -0.2) is 4.98 Å². The zero-order valence-electron chi connectivity index (χ0n) is 18.8. The third-order valence-corrected chi connectivity index (χ3v) is 7.34. The molecule has 1 heterocycles. The van der Waals surface area contributed by atoms with Crippen molar-refractivity contribution in [1.29, 1.82) is 5.26 Å². The Kier molecular flexibility index (Phi) is 6.60. The number of carbonyl (C=O) groups excluding carboxylic acids is 1. The third kappa shape index (κ3) is 4.98. The molecule has 0 aliphatic heterocycles. The number of pyridine rings is 1. The fourth-order valence-corrected chi connectivity index (χ4v) is 5.49. The van der Waals surface area contributed by atoms with E-state index in [1.165, 1.54) is 22.9 Å². The van der Waals surface area contributed by atoms with Crippen molar-refractivity contribution in [3.8, 4) is 6.07 Å². The number of amides is 1. The number of hydrogen-bond donors (Lipinski definition) is 1. The molecule has 0 fully saturated rings. The first-order valence-electron chi connectivity index (χ1n) is 11.6. The minimum atomic E-state index is -0.0371. The van der Waals surface area contributed by atoms with Crippen LogP contribution in [0, 0.1) is 11.3 Å². The molecule has 1 atom stereocenters. The zero-order valence-corrected chi connectivity index (χ0v) is 19.6. The Balaban J connectivity index is 1.21. The van der Waals surface area contributed by atoms with Crippen LogP contribution in [0.3, 0.4) is 0 Å². The molecular weight excluding hydrogens is 438 g/mol. The molecule has 0 saturated carbocycles. The number of fused-ring (bicyclic) bond motifs is 2. The Morgan fingerprint density at radius 1 is 1.03 bits per heavy atom. The molecule has 1 N–H and O–H groups in total. The normalized spacial score (nSPS) is 14.9. The summed E-state index contributed by atoms with van der Waals surface area (Å²) in [4.78, 5) is 17.3. The molecule has 34 heavy (non-hydrogen) atoms. The highest BCUT2D eigenvalue weighted by atomic mass is 32.2. The van der Waals surface area contributed by atoms with Crippen LogP contribution in [0.2, 0.25) is 0 Å². The SMILES string of the molecule is N#Cc1cc2c(nc1SCCC(=O)Nc1ccc3ccccc3c1)CCC(c1ccccc1)C2. The van der Waals surface area contributed by atoms with Crippen LogP contribution in [0.25, 0.3) is 10.8 Å². The van der Waals surface area contributed by atoms with Gasteiger partial charge in [-0.3, -0.25) is 4.79 Å². The summed E-state index contributed by atoms with van der Waals surface area (Å²) in [7, 11) is 0. The number of hydrogen-bond acceptors (Lipinski definition) is 4. The molecule has 1 unspecified atom stereocenters. The Hall–Kier alpha value is -3.62. The lowest BCUT2D eigenvalue weighted by Gasteiger charge is -2.25. The van der Waals surface area contributed by atoms with Crippen LogP contribution >= 0.6 is 11.8 Å². The Morgan fingerprint density at radius 3 is 2.65 bits per heavy atom. The van der Waals surface area contributed by atoms with Crippen LogP contribution in [-0.4, -0.2) is 16.6 Å². The number of aromatic nitrogens is 1. The van der Waals surface area contributed by atoms with Crippen molar-refractivity contribution >= 4 is 34.1 Å². The fraction of sp³-hybridized carbons (Fsp3) is 0.207. The van der Waals surface area contributed by atoms with E-state index in [1.807, 2.05) is 48.5 Å². The van der Waals surface area contributed by atoms with Gasteiger partial charge < -0.3 is 5.32 Å². The maximum Gasteiger partial charge on any atom is 0.225 e. The molecule has 1 amide bonds. The minimum Gasteiger partial charge on any atom is -0.326 e. The van der Waals surface area contributed by atoms with Crippen LogP contribution < -0.4 is 5.32 Å². The Labute approximate surface area is 204 Å². The predicted octanol–water partition coefficient (Wildman–Crippen LogP) is 6.50. The first-order chi connectivity index (χ1) is 16.7. The van der Waals surface area contributed by atoms with E-state index in [4.69, 9.17) is 4.98 Å². The molecule has 1 aliphatic rings. The molecule has 168 valence electrons. The standard InChI is InChI=1S/C29H25N3OS/c30-19-25-17-24-16-23(20-6-2-1-3-7-20)11-13-27(24)32-29(25)34-15-14-28(33)31-26-12-10-21-8-4-5-9-22(21)18-26/h1-10,12,17-18,23H,11,13-16H2,(H,31,33). The van der Waals surface area contributed by atoms with E-state index in [0.29, 0.717) is 23.7 Å². The monoisotopic (exact) mass is 463 g/mol. The average molecular weight is 464 g/mol. The van der Waals surface area contributed by atoms with E-state index < -0.39 is 0 Å². The maximum absolute atomic E-state index is 12.5. The highest BCUT2D eigenvalue weighted by Gasteiger charge is 2.23. The molecule has 1 aromatic heterocycles. The second kappa shape index (κ2) is 10.1. The fourth-order valence-electron chi connectivity index (χ4n) is 4.58. The van der Waals surface area contributed by atoms with E-state index in [1.54, 1.807) is 0 Å². The number of thioether (sulfide) groups is 1. The lowest BCUT2D eigenvalue weighted by Crippen LogP contribution is -2.15. The largest absolute Gasteiger partial charge is 0.326 e. The molecule has 4 nitrogen and oxygen atoms in total. The van der Waals surface area contributed by atoms with Gasteiger partial charge in [0.25, 0.3) is 0 Å². The van der Waals surface area contributed by atoms with Gasteiger partial charge in [0.2, 0.25) is 5.91 Å². The zero-order chi connectivity index (χ0) is 23.3. The van der Waals surface area contributed by atoms with Crippen LogP contribution in [0.1, 0.15) is 41.1 Å². The predicted molar refractivity (Wildman–Crippen MR) is 138 cm³/mol. The first-order valence-corrected chi connectivity index (χ1v) is 12.6. The smallest absolute Gasteiger partial charge is 0.225 e. The summed E-state index contributed by atoms with van der Waals surface area (Å²) in [6.45, 7) is 0. The van der Waals surface area contributed by atoms with Crippen molar-refractivity contribution in [2.24, 2.45) is 0 Å². The highest BCUT2D eigenvalue weighted by Crippen LogP contribution is 2.34. The van der Waals surface area contributed by atoms with Gasteiger partial charge in [-0.15, -0.1) is 11.8 Å². The number of rotatable bonds is 6. The van der Waals surface area contributed by atoms with Gasteiger partial charge in [0.05, 0.1) is 5.56 Å². The summed E-state index contributed by atoms with van der Waals surface area (Å²) >= 11 is 1.49. The lowest BCUT2D eigenvalue weighted by atomic mass is 9.82. The van der Waals surface area contributed by atoms with E-state index in [9.17, 15) is 10.1 Å².